The van der Waals surface area contributed by atoms with E-state index in [2.05, 4.69) is 83.6 Å². The van der Waals surface area contributed by atoms with E-state index in [1.54, 1.807) is 42.5 Å². The number of hydrogen-bond acceptors (Lipinski definition) is 26. The van der Waals surface area contributed by atoms with E-state index in [0.29, 0.717) is 186 Å². The molecule has 11 amide bonds. The number of carbonyl (C=O) groups excluding carboxylic acids is 11. The average Bonchev–Trinajstić information content (AvgIpc) is 1.60. The Morgan fingerprint density at radius 3 is 1.45 bits per heavy atom. The number of hydrazine groups is 1. The number of imide groups is 4. The molecule has 0 spiro atoms. The standard InChI is InChI=1S/C51H58F2N10O7.C32H34F2N6O4.C19H24N4O4/c52-33-25-32(26-34(53)28-33)24-31-8-11-40-39(27-31)47(60-59-40)58-48(66)37-10-9-36(29-42(37)56-35-14-22-70-23-15-35)62-20-18-61(19-21-62)30-45(65)55-17-4-2-1-3-16-54-41-7-5-6-38-46(41)51(69)63(50(38)68)43-12-13-44(64)57-49(43)67;33-22-14-21(15-23(34)17-22)13-20-1-4-28-27(16-20)31(38-37-28)36-32(43)26-3-2-25(18-29(26)35-24-5-11-44-12-6-24)40-9-7-39(8-10-40)19-30(41)42;20-10-3-1-2-4-11-21-13-7-5-6-12-16(13)19(27)23(18(12)26)14-8-9-15(24)22-17(14)25/h5-11,25-29,35,43,47,54,56,59-60H,1-4,12-24,30H2,(H,55,65)(H,58,66)(H,57,64,67);1-4,14-18,24,35H,5-13,19H2,(H,41,42)(H2,36,37,38,43);5-7,14,21H,1-4,8-11,20H2,(H,22,24,25). The number of fused-ring (bicyclic) bond motifs is 4. The zero-order valence-electron chi connectivity index (χ0n) is 78.1. The summed E-state index contributed by atoms with van der Waals surface area (Å²) in [4.78, 5) is 162. The van der Waals surface area contributed by atoms with E-state index in [-0.39, 0.29) is 84.6 Å². The molecule has 10 heterocycles. The van der Waals surface area contributed by atoms with Crippen LogP contribution in [-0.2, 0) is 51.1 Å². The number of nitrogens with two attached hydrogens (primary N) is 1. The second-order valence-electron chi connectivity index (χ2n) is 36.5. The first kappa shape index (κ1) is 99.8. The fourth-order valence-corrected chi connectivity index (χ4v) is 19.2. The number of nitrogens with one attached hydrogen (secondary N) is 12. The molecular formula is C102H116F4N20O15. The summed E-state index contributed by atoms with van der Waals surface area (Å²) in [5, 5.41) is 44.3. The van der Waals surface area contributed by atoms with Gasteiger partial charge in [-0.3, -0.25) is 92.9 Å². The number of piperidine rings is 2. The van der Waals surface area contributed by atoms with Crippen molar-refractivity contribution in [2.75, 3.05) is 160 Å². The maximum atomic E-state index is 14.0. The van der Waals surface area contributed by atoms with Crippen molar-refractivity contribution < 1.29 is 89.7 Å². The van der Waals surface area contributed by atoms with Crippen LogP contribution in [0.3, 0.4) is 0 Å². The molecule has 0 radical (unpaired) electrons. The number of H-pyrrole nitrogens is 1. The van der Waals surface area contributed by atoms with E-state index in [1.807, 2.05) is 71.6 Å². The van der Waals surface area contributed by atoms with Crippen LogP contribution < -0.4 is 74.2 Å². The predicted molar refractivity (Wildman–Crippen MR) is 521 cm³/mol. The number of anilines is 8. The highest BCUT2D eigenvalue weighted by Crippen LogP contribution is 2.38. The zero-order valence-corrected chi connectivity index (χ0v) is 78.1. The summed E-state index contributed by atoms with van der Waals surface area (Å²) in [5.74, 6) is -7.73. The Hall–Kier alpha value is -14.3. The fraction of sp³-hybridized carbons (Fsp3) is 0.402. The number of amides is 11. The van der Waals surface area contributed by atoms with Crippen LogP contribution in [0.5, 0.6) is 0 Å². The number of ether oxygens (including phenoxy) is 2. The summed E-state index contributed by atoms with van der Waals surface area (Å²) in [7, 11) is 0. The van der Waals surface area contributed by atoms with Gasteiger partial charge in [-0.1, -0.05) is 49.9 Å². The molecule has 3 unspecified atom stereocenters. The summed E-state index contributed by atoms with van der Waals surface area (Å²) in [6, 6.07) is 38.1. The smallest absolute Gasteiger partial charge is 0.317 e. The lowest BCUT2D eigenvalue weighted by Crippen LogP contribution is -2.54. The minimum Gasteiger partial charge on any atom is -0.480 e. The second kappa shape index (κ2) is 46.7. The molecule has 0 aliphatic carbocycles. The molecule has 8 aromatic carbocycles. The topological polar surface area (TPSA) is 450 Å². The Labute approximate surface area is 811 Å². The Kier molecular flexibility index (Phi) is 33.0. The van der Waals surface area contributed by atoms with Gasteiger partial charge in [0.1, 0.15) is 41.5 Å². The number of aromatic nitrogens is 2. The molecule has 141 heavy (non-hydrogen) atoms. The number of aliphatic carboxylic acids is 1. The van der Waals surface area contributed by atoms with E-state index in [1.165, 1.54) is 24.3 Å². The molecule has 0 bridgehead atoms. The number of halogens is 4. The van der Waals surface area contributed by atoms with Crippen LogP contribution in [0.25, 0.3) is 10.9 Å². The van der Waals surface area contributed by atoms with Crippen molar-refractivity contribution in [1.29, 1.82) is 0 Å². The number of carbonyl (C=O) groups is 12. The van der Waals surface area contributed by atoms with E-state index in [4.69, 9.17) is 20.3 Å². The first-order chi connectivity index (χ1) is 68.3. The van der Waals surface area contributed by atoms with Gasteiger partial charge < -0.3 is 72.8 Å². The van der Waals surface area contributed by atoms with Crippen molar-refractivity contribution in [2.45, 2.75) is 146 Å². The van der Waals surface area contributed by atoms with Gasteiger partial charge in [0.2, 0.25) is 29.5 Å². The molecule has 0 saturated carbocycles. The van der Waals surface area contributed by atoms with Gasteiger partial charge in [0.15, 0.2) is 5.82 Å². The summed E-state index contributed by atoms with van der Waals surface area (Å²) < 4.78 is 66.4. The molecule has 18 rings (SSSR count). The number of rotatable bonds is 35. The molecule has 39 heteroatoms. The predicted octanol–water partition coefficient (Wildman–Crippen LogP) is 10.3. The van der Waals surface area contributed by atoms with Gasteiger partial charge in [-0.05, 0) is 215 Å². The minimum atomic E-state index is -1.02. The van der Waals surface area contributed by atoms with Gasteiger partial charge in [0.25, 0.3) is 35.4 Å². The van der Waals surface area contributed by atoms with Crippen LogP contribution in [0.4, 0.5) is 63.2 Å². The molecular weight excluding hydrogens is 1820 g/mol. The van der Waals surface area contributed by atoms with Crippen LogP contribution in [-0.4, -0.2) is 248 Å². The van der Waals surface area contributed by atoms with E-state index >= 15 is 0 Å². The van der Waals surface area contributed by atoms with E-state index in [0.717, 1.165) is 138 Å². The van der Waals surface area contributed by atoms with Crippen molar-refractivity contribution in [3.05, 3.63) is 230 Å². The van der Waals surface area contributed by atoms with Gasteiger partial charge in [-0.25, -0.2) is 23.0 Å². The van der Waals surface area contributed by atoms with Gasteiger partial charge >= 0.3 is 5.97 Å². The quantitative estimate of drug-likeness (QED) is 0.00997. The number of nitrogens with zero attached hydrogens (tertiary/aromatic N) is 7. The second-order valence-corrected chi connectivity index (χ2v) is 36.5. The number of carboxylic acids is 1. The number of carboxylic acid groups (broad SMARTS) is 1. The molecule has 6 fully saturated rings. The molecule has 1 aromatic heterocycles. The van der Waals surface area contributed by atoms with Crippen LogP contribution in [0.15, 0.2) is 146 Å². The van der Waals surface area contributed by atoms with Gasteiger partial charge in [0.05, 0.1) is 57.7 Å². The lowest BCUT2D eigenvalue weighted by atomic mass is 10.0. The Morgan fingerprint density at radius 2 is 0.950 bits per heavy atom. The monoisotopic (exact) mass is 1940 g/mol. The van der Waals surface area contributed by atoms with Crippen molar-refractivity contribution in [1.82, 2.24) is 56.5 Å². The summed E-state index contributed by atoms with van der Waals surface area (Å²) in [5.41, 5.74) is 23.3. The zero-order chi connectivity index (χ0) is 98.7. The molecule has 9 aromatic rings. The Balaban J connectivity index is 0.000000171. The summed E-state index contributed by atoms with van der Waals surface area (Å²) >= 11 is 0. The van der Waals surface area contributed by atoms with Gasteiger partial charge in [-0.15, -0.1) is 0 Å². The van der Waals surface area contributed by atoms with Gasteiger partial charge in [-0.2, -0.15) is 5.10 Å². The van der Waals surface area contributed by atoms with Crippen molar-refractivity contribution in [3.8, 4) is 0 Å². The minimum absolute atomic E-state index is 0.0234. The van der Waals surface area contributed by atoms with Crippen LogP contribution in [0.2, 0.25) is 0 Å². The molecule has 3 atom stereocenters. The Morgan fingerprint density at radius 1 is 0.475 bits per heavy atom. The van der Waals surface area contributed by atoms with Crippen LogP contribution in [0.1, 0.15) is 199 Å². The lowest BCUT2D eigenvalue weighted by molar-refractivity contribution is -0.139. The van der Waals surface area contributed by atoms with E-state index in [9.17, 15) is 75.1 Å². The average molecular weight is 1940 g/mol. The molecule has 15 N–H and O–H groups in total. The number of aromatic amines is 1. The highest BCUT2D eigenvalue weighted by molar-refractivity contribution is 6.27. The third-order valence-electron chi connectivity index (χ3n) is 26.6. The molecule has 742 valence electrons. The van der Waals surface area contributed by atoms with Crippen molar-refractivity contribution in [2.24, 2.45) is 5.73 Å². The number of unbranched alkanes of at least 4 members (excludes halogenated alkanes) is 6. The van der Waals surface area contributed by atoms with Gasteiger partial charge in [0, 0.05) is 181 Å². The summed E-state index contributed by atoms with van der Waals surface area (Å²) in [6.07, 6.45) is 11.2. The number of piperazine rings is 2. The normalized spacial score (nSPS) is 18.4. The maximum Gasteiger partial charge on any atom is 0.317 e. The third-order valence-corrected chi connectivity index (χ3v) is 26.6. The fourth-order valence-electron chi connectivity index (χ4n) is 19.2. The molecule has 35 nitrogen and oxygen atoms in total. The first-order valence-corrected chi connectivity index (χ1v) is 48.2. The maximum absolute atomic E-state index is 14.0. The highest BCUT2D eigenvalue weighted by atomic mass is 19.1. The van der Waals surface area contributed by atoms with Crippen LogP contribution >= 0.6 is 0 Å². The SMILES string of the molecule is NCCCCCCNc1cccc2c1C(=O)N(C1CCC(=O)NC1=O)C2=O.O=C(CN1CCN(c2ccc(C(=O)NC3NNc4ccc(Cc5cc(F)cc(F)c5)cc43)c(NC3CCOCC3)c2)CC1)NCCCCCCNc1cccc2c1C(=O)N(C1CCC(=O)NC1=O)C2=O.O=C(O)CN1CCN(c2ccc(C(=O)Nc3n[nH]c4ccc(Cc5cc(F)cc(F)c5)cc34)c(NC3CCOCC3)c2)CC1. The van der Waals surface area contributed by atoms with Crippen LogP contribution in [0, 0.1) is 23.3 Å². The lowest BCUT2D eigenvalue weighted by Gasteiger charge is -2.36. The third kappa shape index (κ3) is 25.1. The largest absolute Gasteiger partial charge is 0.480 e. The number of hydrogen-bond donors (Lipinski definition) is 14. The van der Waals surface area contributed by atoms with Crippen molar-refractivity contribution >= 4 is 127 Å². The number of benzene rings is 8. The highest BCUT2D eigenvalue weighted by Gasteiger charge is 2.48. The Bertz CT molecular complexity index is 6140. The molecule has 9 aliphatic rings. The summed E-state index contributed by atoms with van der Waals surface area (Å²) in [6.45, 7) is 10.8. The van der Waals surface area contributed by atoms with E-state index < -0.39 is 88.8 Å². The molecule has 6 saturated heterocycles. The first-order valence-electron chi connectivity index (χ1n) is 48.2. The molecule has 9 aliphatic heterocycles. The van der Waals surface area contributed by atoms with Crippen molar-refractivity contribution in [3.63, 3.8) is 0 Å².